The quantitative estimate of drug-likeness (QED) is 0.0581. The number of phenols is 1. The smallest absolute Gasteiger partial charge is 0.336 e. The molecule has 6 aromatic carbocycles. The molecule has 0 aliphatic heterocycles. The molecule has 15 nitrogen and oxygen atoms in total. The van der Waals surface area contributed by atoms with Gasteiger partial charge in [-0.1, -0.05) is 97.1 Å². The van der Waals surface area contributed by atoms with Crippen LogP contribution in [0.25, 0.3) is 22.3 Å². The molecule has 0 spiro atoms. The van der Waals surface area contributed by atoms with Crippen molar-refractivity contribution in [3.05, 3.63) is 185 Å². The maximum atomic E-state index is 14.3. The van der Waals surface area contributed by atoms with Gasteiger partial charge in [-0.25, -0.2) is 23.6 Å². The number of phenolic OH excluding ortho intramolecular Hbond substituents is 1. The number of rotatable bonds is 16. The average molecular weight is 873 g/mol. The van der Waals surface area contributed by atoms with Crippen LogP contribution in [0.15, 0.2) is 146 Å². The van der Waals surface area contributed by atoms with Crippen LogP contribution in [0.5, 0.6) is 5.75 Å². The van der Waals surface area contributed by atoms with E-state index in [1.165, 1.54) is 48.5 Å². The van der Waals surface area contributed by atoms with Gasteiger partial charge < -0.3 is 46.4 Å². The highest BCUT2D eigenvalue weighted by Crippen LogP contribution is 2.29. The highest BCUT2D eigenvalue weighted by atomic mass is 19.1. The molecule has 64 heavy (non-hydrogen) atoms. The number of halogens is 1. The minimum Gasteiger partial charge on any atom is -0.508 e. The van der Waals surface area contributed by atoms with Crippen LogP contribution in [0.2, 0.25) is 0 Å². The van der Waals surface area contributed by atoms with Gasteiger partial charge in [0.05, 0.1) is 23.2 Å². The molecular weight excluding hydrogens is 832 g/mol. The number of nitrogens with one attached hydrogen (secondary N) is 2. The van der Waals surface area contributed by atoms with Crippen LogP contribution in [-0.4, -0.2) is 95.7 Å². The largest absolute Gasteiger partial charge is 0.508 e. The molecule has 0 saturated carbocycles. The van der Waals surface area contributed by atoms with Crippen LogP contribution in [-0.2, 0) is 22.4 Å². The van der Waals surface area contributed by atoms with Crippen molar-refractivity contribution >= 4 is 35.7 Å². The van der Waals surface area contributed by atoms with Crippen molar-refractivity contribution in [2.75, 3.05) is 0 Å². The Labute approximate surface area is 364 Å². The van der Waals surface area contributed by atoms with E-state index < -0.39 is 65.8 Å². The van der Waals surface area contributed by atoms with Crippen molar-refractivity contribution in [3.8, 4) is 28.0 Å². The van der Waals surface area contributed by atoms with Gasteiger partial charge >= 0.3 is 23.9 Å². The maximum Gasteiger partial charge on any atom is 0.336 e. The van der Waals surface area contributed by atoms with Gasteiger partial charge in [-0.3, -0.25) is 9.59 Å². The number of carboxylic acids is 4. The number of carbonyl (C=O) groups excluding carboxylic acids is 2. The van der Waals surface area contributed by atoms with Crippen LogP contribution >= 0.6 is 0 Å². The lowest BCUT2D eigenvalue weighted by Crippen LogP contribution is -2.48. The Morgan fingerprint density at radius 1 is 0.484 bits per heavy atom. The second-order valence-electron chi connectivity index (χ2n) is 14.3. The van der Waals surface area contributed by atoms with Crippen molar-refractivity contribution in [2.45, 2.75) is 37.1 Å². The molecule has 6 aromatic rings. The van der Waals surface area contributed by atoms with Gasteiger partial charge in [0, 0.05) is 11.1 Å². The fourth-order valence-corrected chi connectivity index (χ4v) is 6.68. The van der Waals surface area contributed by atoms with Crippen LogP contribution < -0.4 is 10.6 Å². The van der Waals surface area contributed by atoms with Gasteiger partial charge in [0.1, 0.15) is 11.6 Å². The molecule has 6 rings (SSSR count). The maximum absolute atomic E-state index is 14.3. The molecule has 0 aliphatic rings. The van der Waals surface area contributed by atoms with E-state index >= 15 is 0 Å². The molecule has 2 amide bonds. The Balaban J connectivity index is 0.000000241. The van der Waals surface area contributed by atoms with Gasteiger partial charge in [0.25, 0.3) is 11.8 Å². The topological polar surface area (TPSA) is 268 Å². The first-order valence-electron chi connectivity index (χ1n) is 19.3. The van der Waals surface area contributed by atoms with E-state index in [-0.39, 0.29) is 52.0 Å². The Bertz CT molecular complexity index is 2480. The summed E-state index contributed by atoms with van der Waals surface area (Å²) in [5.41, 5.74) is 2.17. The lowest BCUT2D eigenvalue weighted by atomic mass is 9.97. The third-order valence-electron chi connectivity index (χ3n) is 9.78. The van der Waals surface area contributed by atoms with Crippen LogP contribution in [0.1, 0.15) is 52.6 Å². The Morgan fingerprint density at radius 3 is 1.27 bits per heavy atom. The number of aromatic carboxylic acids is 2. The van der Waals surface area contributed by atoms with Crippen molar-refractivity contribution < 1.29 is 68.9 Å². The number of hydrogen-bond acceptors (Lipinski definition) is 9. The first-order chi connectivity index (χ1) is 30.5. The van der Waals surface area contributed by atoms with Gasteiger partial charge in [0.15, 0.2) is 12.2 Å². The Morgan fingerprint density at radius 2 is 0.859 bits per heavy atom. The molecule has 328 valence electrons. The number of aliphatic hydroxyl groups is 2. The predicted molar refractivity (Wildman–Crippen MR) is 229 cm³/mol. The highest BCUT2D eigenvalue weighted by Gasteiger charge is 2.30. The summed E-state index contributed by atoms with van der Waals surface area (Å²) in [5, 5.41) is 72.5. The molecule has 0 fully saturated rings. The van der Waals surface area contributed by atoms with Crippen LogP contribution in [0, 0.1) is 5.82 Å². The number of carbonyl (C=O) groups is 6. The first kappa shape index (κ1) is 46.8. The molecule has 0 aromatic heterocycles. The van der Waals surface area contributed by atoms with Gasteiger partial charge in [-0.15, -0.1) is 0 Å². The Kier molecular flexibility index (Phi) is 15.8. The molecule has 4 atom stereocenters. The number of benzene rings is 6. The van der Waals surface area contributed by atoms with E-state index in [2.05, 4.69) is 10.6 Å². The zero-order chi connectivity index (χ0) is 46.5. The number of aliphatic hydroxyl groups excluding tert-OH is 2. The third-order valence-corrected chi connectivity index (χ3v) is 9.78. The first-order valence-corrected chi connectivity index (χ1v) is 19.3. The van der Waals surface area contributed by atoms with Gasteiger partial charge in [-0.05, 0) is 94.8 Å². The molecule has 0 unspecified atom stereocenters. The minimum atomic E-state index is -1.89. The lowest BCUT2D eigenvalue weighted by molar-refractivity contribution is -0.148. The second-order valence-corrected chi connectivity index (χ2v) is 14.3. The number of aliphatic carboxylic acids is 2. The molecule has 0 heterocycles. The van der Waals surface area contributed by atoms with Gasteiger partial charge in [-0.2, -0.15) is 0 Å². The fourth-order valence-electron chi connectivity index (χ4n) is 6.68. The van der Waals surface area contributed by atoms with E-state index in [1.807, 2.05) is 0 Å². The normalized spacial score (nSPS) is 12.5. The summed E-state index contributed by atoms with van der Waals surface area (Å²) in [6, 6.07) is 34.5. The standard InChI is InChI=1S/C24H20FNO6.C24H21NO7/c25-17-12-15(18-8-4-5-9-19(18)23(29)30)11-16(13-17)22(28)26-20(21(27)24(31)32)10-14-6-2-1-3-7-14;26-17-12-15(18-8-4-5-9-19(18)23(29)30)11-16(13-17)22(28)25-20(21(27)24(31)32)10-14-6-2-1-3-7-14/h1-9,11-13,20-21,27H,10H2,(H,26,28)(H,29,30)(H,31,32);1-9,11-13,20-21,26-27H,10H2,(H,25,28)(H,29,30)(H,31,32)/t2*20-,21-/m11/s1. The van der Waals surface area contributed by atoms with E-state index in [9.17, 15) is 68.9 Å². The van der Waals surface area contributed by atoms with Crippen molar-refractivity contribution in [3.63, 3.8) is 0 Å². The SMILES string of the molecule is O=C(N[C@H](Cc1ccccc1)[C@@H](O)C(=O)O)c1cc(F)cc(-c2ccccc2C(=O)O)c1.O=C(N[C@H](Cc1ccccc1)[C@@H](O)C(=O)O)c1cc(O)cc(-c2ccccc2C(=O)O)c1. The van der Waals surface area contributed by atoms with Gasteiger partial charge in [0.2, 0.25) is 0 Å². The Hall–Kier alpha value is -8.21. The summed E-state index contributed by atoms with van der Waals surface area (Å²) in [4.78, 5) is 71.4. The van der Waals surface area contributed by atoms with Crippen molar-refractivity contribution in [1.82, 2.24) is 10.6 Å². The summed E-state index contributed by atoms with van der Waals surface area (Å²) in [5.74, 6) is -7.95. The zero-order valence-electron chi connectivity index (χ0n) is 33.5. The van der Waals surface area contributed by atoms with Crippen LogP contribution in [0.4, 0.5) is 4.39 Å². The molecule has 0 saturated heterocycles. The molecule has 16 heteroatoms. The van der Waals surface area contributed by atoms with Crippen molar-refractivity contribution in [1.29, 1.82) is 0 Å². The molecule has 0 radical (unpaired) electrons. The number of carboxylic acid groups (broad SMARTS) is 4. The lowest BCUT2D eigenvalue weighted by Gasteiger charge is -2.22. The van der Waals surface area contributed by atoms with E-state index in [1.54, 1.807) is 84.9 Å². The molecule has 9 N–H and O–H groups in total. The zero-order valence-corrected chi connectivity index (χ0v) is 33.5. The summed E-state index contributed by atoms with van der Waals surface area (Å²) in [6.45, 7) is 0. The third kappa shape index (κ3) is 12.4. The summed E-state index contributed by atoms with van der Waals surface area (Å²) in [6.07, 6.45) is -3.65. The average Bonchev–Trinajstić information content (AvgIpc) is 3.28. The highest BCUT2D eigenvalue weighted by molar-refractivity contribution is 6.00. The minimum absolute atomic E-state index is 0.00675. The number of aromatic hydroxyl groups is 1. The van der Waals surface area contributed by atoms with Crippen LogP contribution in [0.3, 0.4) is 0 Å². The molecule has 0 bridgehead atoms. The predicted octanol–water partition coefficient (Wildman–Crippen LogP) is 5.52. The fraction of sp³-hybridized carbons (Fsp3) is 0.125. The summed E-state index contributed by atoms with van der Waals surface area (Å²) < 4.78 is 14.3. The van der Waals surface area contributed by atoms with E-state index in [0.29, 0.717) is 22.3 Å². The molecular formula is C48H41FN2O13. The van der Waals surface area contributed by atoms with E-state index in [4.69, 9.17) is 0 Å². The number of amides is 2. The van der Waals surface area contributed by atoms with E-state index in [0.717, 1.165) is 12.1 Å². The summed E-state index contributed by atoms with van der Waals surface area (Å²) in [7, 11) is 0. The summed E-state index contributed by atoms with van der Waals surface area (Å²) >= 11 is 0. The number of hydrogen-bond donors (Lipinski definition) is 9. The van der Waals surface area contributed by atoms with Crippen molar-refractivity contribution in [2.24, 2.45) is 0 Å². The second kappa shape index (κ2) is 21.5. The monoisotopic (exact) mass is 872 g/mol. The molecule has 0 aliphatic carbocycles.